The zero-order valence-electron chi connectivity index (χ0n) is 12.8. The molecular formula is C15H25N3O2. The number of carbonyl (C=O) groups is 1. The number of amides is 1. The summed E-state index contributed by atoms with van der Waals surface area (Å²) in [7, 11) is 1.63. The van der Waals surface area contributed by atoms with E-state index in [1.54, 1.807) is 13.2 Å². The highest BCUT2D eigenvalue weighted by molar-refractivity contribution is 5.95. The van der Waals surface area contributed by atoms with E-state index in [-0.39, 0.29) is 12.0 Å². The van der Waals surface area contributed by atoms with Gasteiger partial charge < -0.3 is 15.4 Å². The normalized spacial score (nSPS) is 12.0. The maximum absolute atomic E-state index is 12.1. The van der Waals surface area contributed by atoms with Crippen LogP contribution in [0.3, 0.4) is 0 Å². The second-order valence-corrected chi connectivity index (χ2v) is 4.77. The summed E-state index contributed by atoms with van der Waals surface area (Å²) in [6.07, 6.45) is 1.82. The number of nitrogens with one attached hydrogen (secondary N) is 2. The summed E-state index contributed by atoms with van der Waals surface area (Å²) >= 11 is 0. The average Bonchev–Trinajstić information content (AvgIpc) is 2.49. The van der Waals surface area contributed by atoms with Crippen LogP contribution in [0.2, 0.25) is 0 Å². The van der Waals surface area contributed by atoms with Crippen LogP contribution in [0.25, 0.3) is 0 Å². The second kappa shape index (κ2) is 8.53. The van der Waals surface area contributed by atoms with E-state index in [9.17, 15) is 4.79 Å². The van der Waals surface area contributed by atoms with Crippen LogP contribution in [0.1, 0.15) is 43.2 Å². The number of aryl methyl sites for hydroxylation is 1. The monoisotopic (exact) mass is 279 g/mol. The van der Waals surface area contributed by atoms with Gasteiger partial charge in [0.2, 0.25) is 0 Å². The summed E-state index contributed by atoms with van der Waals surface area (Å²) in [5, 5.41) is 6.09. The Morgan fingerprint density at radius 3 is 2.75 bits per heavy atom. The molecule has 2 N–H and O–H groups in total. The van der Waals surface area contributed by atoms with Crippen molar-refractivity contribution in [2.45, 2.75) is 39.7 Å². The molecule has 0 aliphatic carbocycles. The third kappa shape index (κ3) is 5.17. The van der Waals surface area contributed by atoms with Crippen molar-refractivity contribution in [1.82, 2.24) is 10.3 Å². The van der Waals surface area contributed by atoms with Gasteiger partial charge in [-0.05, 0) is 31.9 Å². The predicted octanol–water partition coefficient (Wildman–Crippen LogP) is 2.23. The second-order valence-electron chi connectivity index (χ2n) is 4.77. The van der Waals surface area contributed by atoms with Crippen molar-refractivity contribution in [3.63, 3.8) is 0 Å². The molecule has 1 heterocycles. The smallest absolute Gasteiger partial charge is 0.251 e. The maximum Gasteiger partial charge on any atom is 0.251 e. The Morgan fingerprint density at radius 2 is 2.15 bits per heavy atom. The van der Waals surface area contributed by atoms with E-state index in [0.29, 0.717) is 12.1 Å². The molecule has 0 radical (unpaired) electrons. The fourth-order valence-electron chi connectivity index (χ4n) is 1.67. The average molecular weight is 279 g/mol. The summed E-state index contributed by atoms with van der Waals surface area (Å²) in [6, 6.07) is 3.63. The zero-order chi connectivity index (χ0) is 15.0. The Balaban J connectivity index is 2.78. The Morgan fingerprint density at radius 1 is 1.40 bits per heavy atom. The van der Waals surface area contributed by atoms with Gasteiger partial charge in [-0.15, -0.1) is 0 Å². The third-order valence-electron chi connectivity index (χ3n) is 3.01. The number of pyridine rings is 1. The van der Waals surface area contributed by atoms with Crippen LogP contribution >= 0.6 is 0 Å². The molecule has 1 amide bonds. The minimum Gasteiger partial charge on any atom is -0.380 e. The minimum atomic E-state index is -0.0921. The number of hydrogen-bond donors (Lipinski definition) is 2. The topological polar surface area (TPSA) is 63.2 Å². The van der Waals surface area contributed by atoms with Gasteiger partial charge in [-0.1, -0.05) is 13.8 Å². The molecule has 1 atom stereocenters. The molecule has 0 fully saturated rings. The molecule has 1 aromatic heterocycles. The van der Waals surface area contributed by atoms with Crippen molar-refractivity contribution in [3.05, 3.63) is 23.4 Å². The zero-order valence-corrected chi connectivity index (χ0v) is 12.8. The summed E-state index contributed by atoms with van der Waals surface area (Å²) < 4.78 is 5.12. The van der Waals surface area contributed by atoms with Crippen molar-refractivity contribution < 1.29 is 9.53 Å². The first-order valence-electron chi connectivity index (χ1n) is 7.16. The lowest BCUT2D eigenvalue weighted by molar-refractivity contribution is 0.0870. The SMILES string of the molecule is CCCNc1cc(C(=O)NCC(C)OC)cc(CC)n1. The Labute approximate surface area is 121 Å². The van der Waals surface area contributed by atoms with Crippen molar-refractivity contribution >= 4 is 11.7 Å². The molecule has 0 spiro atoms. The van der Waals surface area contributed by atoms with Gasteiger partial charge in [-0.3, -0.25) is 4.79 Å². The lowest BCUT2D eigenvalue weighted by Gasteiger charge is -2.12. The van der Waals surface area contributed by atoms with Crippen LogP contribution in [-0.4, -0.2) is 37.2 Å². The van der Waals surface area contributed by atoms with Gasteiger partial charge in [0.05, 0.1) is 6.10 Å². The number of methoxy groups -OCH3 is 1. The molecule has 0 aliphatic heterocycles. The third-order valence-corrected chi connectivity index (χ3v) is 3.01. The van der Waals surface area contributed by atoms with Crippen LogP contribution in [0.4, 0.5) is 5.82 Å². The van der Waals surface area contributed by atoms with Crippen LogP contribution in [0.5, 0.6) is 0 Å². The molecule has 1 unspecified atom stereocenters. The number of aromatic nitrogens is 1. The molecule has 0 aromatic carbocycles. The van der Waals surface area contributed by atoms with Crippen molar-refractivity contribution in [2.24, 2.45) is 0 Å². The molecule has 5 nitrogen and oxygen atoms in total. The molecular weight excluding hydrogens is 254 g/mol. The maximum atomic E-state index is 12.1. The number of carbonyl (C=O) groups excluding carboxylic acids is 1. The summed E-state index contributed by atoms with van der Waals surface area (Å²) in [4.78, 5) is 16.6. The number of rotatable bonds is 8. The van der Waals surface area contributed by atoms with Gasteiger partial charge in [0, 0.05) is 31.5 Å². The fourth-order valence-corrected chi connectivity index (χ4v) is 1.67. The first-order valence-corrected chi connectivity index (χ1v) is 7.16. The highest BCUT2D eigenvalue weighted by Crippen LogP contribution is 2.11. The molecule has 0 saturated heterocycles. The van der Waals surface area contributed by atoms with Crippen LogP contribution < -0.4 is 10.6 Å². The highest BCUT2D eigenvalue weighted by atomic mass is 16.5. The molecule has 0 saturated carbocycles. The van der Waals surface area contributed by atoms with Crippen molar-refractivity contribution in [2.75, 3.05) is 25.5 Å². The summed E-state index contributed by atoms with van der Waals surface area (Å²) in [6.45, 7) is 7.38. The molecule has 1 aromatic rings. The van der Waals surface area contributed by atoms with Gasteiger partial charge in [0.25, 0.3) is 5.91 Å². The van der Waals surface area contributed by atoms with Gasteiger partial charge in [0.1, 0.15) is 5.82 Å². The standard InChI is InChI=1S/C15H25N3O2/c1-5-7-16-14-9-12(8-13(6-2)18-14)15(19)17-10-11(3)20-4/h8-9,11H,5-7,10H2,1-4H3,(H,16,18)(H,17,19). The Hall–Kier alpha value is -1.62. The van der Waals surface area contributed by atoms with E-state index in [1.165, 1.54) is 0 Å². The molecule has 20 heavy (non-hydrogen) atoms. The number of anilines is 1. The fraction of sp³-hybridized carbons (Fsp3) is 0.600. The number of ether oxygens (including phenoxy) is 1. The number of hydrogen-bond acceptors (Lipinski definition) is 4. The van der Waals surface area contributed by atoms with E-state index in [1.807, 2.05) is 19.9 Å². The molecule has 0 bridgehead atoms. The van der Waals surface area contributed by atoms with E-state index in [2.05, 4.69) is 22.5 Å². The first kappa shape index (κ1) is 16.4. The van der Waals surface area contributed by atoms with Gasteiger partial charge in [0.15, 0.2) is 0 Å². The highest BCUT2D eigenvalue weighted by Gasteiger charge is 2.10. The number of nitrogens with zero attached hydrogens (tertiary/aromatic N) is 1. The van der Waals surface area contributed by atoms with Crippen molar-refractivity contribution in [3.8, 4) is 0 Å². The van der Waals surface area contributed by atoms with Crippen molar-refractivity contribution in [1.29, 1.82) is 0 Å². The molecule has 0 aliphatic rings. The van der Waals surface area contributed by atoms with E-state index >= 15 is 0 Å². The van der Waals surface area contributed by atoms with Gasteiger partial charge >= 0.3 is 0 Å². The van der Waals surface area contributed by atoms with E-state index in [0.717, 1.165) is 30.9 Å². The van der Waals surface area contributed by atoms with Crippen LogP contribution in [-0.2, 0) is 11.2 Å². The molecule has 1 rings (SSSR count). The Kier molecular flexibility index (Phi) is 7.01. The van der Waals surface area contributed by atoms with E-state index in [4.69, 9.17) is 4.74 Å². The predicted molar refractivity (Wildman–Crippen MR) is 81.2 cm³/mol. The lowest BCUT2D eigenvalue weighted by Crippen LogP contribution is -2.31. The molecule has 5 heteroatoms. The quantitative estimate of drug-likeness (QED) is 0.766. The van der Waals surface area contributed by atoms with Gasteiger partial charge in [-0.25, -0.2) is 4.98 Å². The van der Waals surface area contributed by atoms with Gasteiger partial charge in [-0.2, -0.15) is 0 Å². The summed E-state index contributed by atoms with van der Waals surface area (Å²) in [5.74, 6) is 0.668. The molecule has 112 valence electrons. The Bertz CT molecular complexity index is 435. The van der Waals surface area contributed by atoms with E-state index < -0.39 is 0 Å². The lowest BCUT2D eigenvalue weighted by atomic mass is 10.1. The van der Waals surface area contributed by atoms with Crippen LogP contribution in [0.15, 0.2) is 12.1 Å². The van der Waals surface area contributed by atoms with Crippen LogP contribution in [0, 0.1) is 0 Å². The first-order chi connectivity index (χ1) is 9.60. The summed E-state index contributed by atoms with van der Waals surface area (Å²) in [5.41, 5.74) is 1.55. The largest absolute Gasteiger partial charge is 0.380 e. The minimum absolute atomic E-state index is 0.00381.